The average molecular weight is 498 g/mol. The Morgan fingerprint density at radius 1 is 1.06 bits per heavy atom. The summed E-state index contributed by atoms with van der Waals surface area (Å²) >= 11 is 0. The lowest BCUT2D eigenvalue weighted by molar-refractivity contribution is -0.116. The first-order valence-electron chi connectivity index (χ1n) is 12.4. The molecular weight excluding hydrogens is 462 g/mol. The van der Waals surface area contributed by atoms with Gasteiger partial charge in [-0.15, -0.1) is 0 Å². The third-order valence-corrected chi connectivity index (χ3v) is 8.41. The van der Waals surface area contributed by atoms with Gasteiger partial charge in [-0.2, -0.15) is 0 Å². The molecule has 0 aliphatic carbocycles. The van der Waals surface area contributed by atoms with Gasteiger partial charge in [0.15, 0.2) is 0 Å². The van der Waals surface area contributed by atoms with Gasteiger partial charge in [0.25, 0.3) is 0 Å². The number of amides is 1. The zero-order valence-corrected chi connectivity index (χ0v) is 21.6. The summed E-state index contributed by atoms with van der Waals surface area (Å²) in [7, 11) is -0.513. The van der Waals surface area contributed by atoms with Crippen molar-refractivity contribution in [3.63, 3.8) is 0 Å². The van der Waals surface area contributed by atoms with E-state index in [0.29, 0.717) is 24.9 Å². The number of fused-ring (bicyclic) bond motifs is 1. The number of nitrogens with zero attached hydrogens (tertiary/aromatic N) is 4. The van der Waals surface area contributed by atoms with E-state index in [1.807, 2.05) is 29.7 Å². The summed E-state index contributed by atoms with van der Waals surface area (Å²) in [6.07, 6.45) is 5.62. The van der Waals surface area contributed by atoms with Crippen LogP contribution in [0.25, 0.3) is 11.0 Å². The Morgan fingerprint density at radius 3 is 2.46 bits per heavy atom. The first-order chi connectivity index (χ1) is 16.8. The second-order valence-electron chi connectivity index (χ2n) is 9.18. The van der Waals surface area contributed by atoms with Gasteiger partial charge in [0, 0.05) is 46.6 Å². The number of nitrogens with one attached hydrogen (secondary N) is 1. The lowest BCUT2D eigenvalue weighted by atomic mass is 10.2. The molecule has 1 saturated heterocycles. The van der Waals surface area contributed by atoms with E-state index in [1.165, 1.54) is 44.1 Å². The van der Waals surface area contributed by atoms with Crippen molar-refractivity contribution >= 4 is 38.3 Å². The van der Waals surface area contributed by atoms with E-state index in [9.17, 15) is 13.2 Å². The molecule has 0 bridgehead atoms. The van der Waals surface area contributed by atoms with Crippen LogP contribution in [0.5, 0.6) is 0 Å². The fourth-order valence-corrected chi connectivity index (χ4v) is 5.60. The molecule has 35 heavy (non-hydrogen) atoms. The van der Waals surface area contributed by atoms with E-state index in [4.69, 9.17) is 0 Å². The summed E-state index contributed by atoms with van der Waals surface area (Å²) in [5, 5.41) is 3.11. The van der Waals surface area contributed by atoms with Gasteiger partial charge in [0.1, 0.15) is 5.82 Å². The van der Waals surface area contributed by atoms with Crippen LogP contribution < -0.4 is 10.2 Å². The van der Waals surface area contributed by atoms with E-state index in [2.05, 4.69) is 21.3 Å². The molecule has 1 aromatic heterocycles. The normalized spacial score (nSPS) is 14.9. The van der Waals surface area contributed by atoms with Gasteiger partial charge < -0.3 is 14.8 Å². The minimum atomic E-state index is -3.54. The van der Waals surface area contributed by atoms with E-state index in [0.717, 1.165) is 35.8 Å². The largest absolute Gasteiger partial charge is 0.370 e. The van der Waals surface area contributed by atoms with Crippen molar-refractivity contribution in [2.45, 2.75) is 56.9 Å². The number of aromatic nitrogens is 2. The minimum absolute atomic E-state index is 0.0575. The second kappa shape index (κ2) is 10.8. The lowest BCUT2D eigenvalue weighted by Gasteiger charge is -2.25. The quantitative estimate of drug-likeness (QED) is 0.503. The highest BCUT2D eigenvalue weighted by atomic mass is 32.2. The van der Waals surface area contributed by atoms with Gasteiger partial charge in [-0.3, -0.25) is 4.79 Å². The molecule has 8 nitrogen and oxygen atoms in total. The number of benzene rings is 2. The number of hydrogen-bond acceptors (Lipinski definition) is 5. The first kappa shape index (κ1) is 25.2. The summed E-state index contributed by atoms with van der Waals surface area (Å²) < 4.78 is 28.3. The van der Waals surface area contributed by atoms with Crippen LogP contribution >= 0.6 is 0 Å². The summed E-state index contributed by atoms with van der Waals surface area (Å²) in [6.45, 7) is 4.73. The first-order valence-corrected chi connectivity index (χ1v) is 13.8. The Kier molecular flexibility index (Phi) is 7.76. The number of sulfonamides is 1. The van der Waals surface area contributed by atoms with Gasteiger partial charge in [-0.05, 0) is 50.1 Å². The summed E-state index contributed by atoms with van der Waals surface area (Å²) in [4.78, 5) is 20.2. The Balaban J connectivity index is 1.49. The molecule has 188 valence electrons. The van der Waals surface area contributed by atoms with E-state index in [-0.39, 0.29) is 10.8 Å². The molecule has 1 aliphatic heterocycles. The monoisotopic (exact) mass is 497 g/mol. The highest BCUT2D eigenvalue weighted by Gasteiger charge is 2.20. The van der Waals surface area contributed by atoms with Crippen LogP contribution in [0.4, 0.5) is 11.4 Å². The predicted molar refractivity (Wildman–Crippen MR) is 140 cm³/mol. The van der Waals surface area contributed by atoms with Crippen molar-refractivity contribution in [2.75, 3.05) is 37.4 Å². The highest BCUT2D eigenvalue weighted by molar-refractivity contribution is 7.89. The Hall–Kier alpha value is -2.91. The lowest BCUT2D eigenvalue weighted by Crippen LogP contribution is -2.25. The summed E-state index contributed by atoms with van der Waals surface area (Å²) in [6, 6.07) is 13.0. The van der Waals surface area contributed by atoms with Crippen LogP contribution in [-0.2, 0) is 27.8 Å². The topological polar surface area (TPSA) is 87.5 Å². The minimum Gasteiger partial charge on any atom is -0.370 e. The fourth-order valence-electron chi connectivity index (χ4n) is 4.68. The molecule has 0 saturated carbocycles. The number of rotatable bonds is 8. The maximum atomic E-state index is 12.9. The van der Waals surface area contributed by atoms with Crippen molar-refractivity contribution in [1.82, 2.24) is 13.9 Å². The van der Waals surface area contributed by atoms with Crippen LogP contribution in [-0.4, -0.2) is 55.4 Å². The predicted octanol–water partition coefficient (Wildman–Crippen LogP) is 4.26. The zero-order chi connectivity index (χ0) is 25.0. The van der Waals surface area contributed by atoms with Gasteiger partial charge in [-0.25, -0.2) is 17.7 Å². The standard InChI is InChI=1S/C26H35N5O3S/c1-4-31-24-14-13-20(35(33,34)29(2)3)19-22(24)27-25(31)15-16-26(32)28-21-11-7-8-12-23(21)30-17-9-5-6-10-18-30/h7-8,11-14,19H,4-6,9-10,15-18H2,1-3H3,(H,28,32). The Labute approximate surface area is 208 Å². The highest BCUT2D eigenvalue weighted by Crippen LogP contribution is 2.28. The number of anilines is 2. The number of carbonyl (C=O) groups is 1. The van der Waals surface area contributed by atoms with Gasteiger partial charge in [0.2, 0.25) is 15.9 Å². The van der Waals surface area contributed by atoms with E-state index in [1.54, 1.807) is 18.2 Å². The van der Waals surface area contributed by atoms with Crippen LogP contribution in [0.2, 0.25) is 0 Å². The molecule has 1 N–H and O–H groups in total. The number of carbonyl (C=O) groups excluding carboxylic acids is 1. The van der Waals surface area contributed by atoms with Crippen molar-refractivity contribution in [2.24, 2.45) is 0 Å². The van der Waals surface area contributed by atoms with E-state index < -0.39 is 10.0 Å². The zero-order valence-electron chi connectivity index (χ0n) is 20.8. The van der Waals surface area contributed by atoms with Crippen LogP contribution in [0.3, 0.4) is 0 Å². The average Bonchev–Trinajstić information content (AvgIpc) is 2.99. The van der Waals surface area contributed by atoms with Crippen LogP contribution in [0.1, 0.15) is 44.9 Å². The van der Waals surface area contributed by atoms with Gasteiger partial charge in [-0.1, -0.05) is 25.0 Å². The second-order valence-corrected chi connectivity index (χ2v) is 11.3. The van der Waals surface area contributed by atoms with Gasteiger partial charge >= 0.3 is 0 Å². The van der Waals surface area contributed by atoms with Crippen molar-refractivity contribution in [3.8, 4) is 0 Å². The third kappa shape index (κ3) is 5.51. The molecule has 3 aromatic rings. The number of imidazole rings is 1. The maximum absolute atomic E-state index is 12.9. The van der Waals surface area contributed by atoms with Crippen molar-refractivity contribution in [3.05, 3.63) is 48.3 Å². The molecule has 0 radical (unpaired) electrons. The molecule has 0 spiro atoms. The molecule has 2 aromatic carbocycles. The number of aryl methyl sites for hydroxylation is 2. The molecule has 1 aliphatic rings. The molecule has 9 heteroatoms. The molecule has 2 heterocycles. The third-order valence-electron chi connectivity index (χ3n) is 6.59. The molecule has 4 rings (SSSR count). The molecular formula is C26H35N5O3S. The smallest absolute Gasteiger partial charge is 0.242 e. The number of hydrogen-bond donors (Lipinski definition) is 1. The molecule has 0 atom stereocenters. The van der Waals surface area contributed by atoms with Crippen LogP contribution in [0, 0.1) is 0 Å². The Morgan fingerprint density at radius 2 is 1.77 bits per heavy atom. The Bertz CT molecular complexity index is 1290. The summed E-state index contributed by atoms with van der Waals surface area (Å²) in [5.41, 5.74) is 3.42. The van der Waals surface area contributed by atoms with E-state index >= 15 is 0 Å². The van der Waals surface area contributed by atoms with Gasteiger partial charge in [0.05, 0.1) is 27.3 Å². The van der Waals surface area contributed by atoms with Crippen molar-refractivity contribution in [1.29, 1.82) is 0 Å². The van der Waals surface area contributed by atoms with Crippen LogP contribution in [0.15, 0.2) is 47.4 Å². The SMILES string of the molecule is CCn1c(CCC(=O)Nc2ccccc2N2CCCCCC2)nc2cc(S(=O)(=O)N(C)C)ccc21. The molecule has 1 amide bonds. The number of para-hydroxylation sites is 2. The fraction of sp³-hybridized carbons (Fsp3) is 0.462. The maximum Gasteiger partial charge on any atom is 0.242 e. The summed E-state index contributed by atoms with van der Waals surface area (Å²) in [5.74, 6) is 0.718. The molecule has 0 unspecified atom stereocenters. The molecule has 1 fully saturated rings. The van der Waals surface area contributed by atoms with Crippen molar-refractivity contribution < 1.29 is 13.2 Å².